The standard InChI is InChI=1S/C14H21NO/c1-11-5-3-7-13(9-11)15-14(10-16)8-4-6-12(14)2/h3,5,7,9,12,15-16H,4,6,8,10H2,1-2H3. The number of aliphatic hydroxyl groups excluding tert-OH is 1. The van der Waals surface area contributed by atoms with Crippen molar-refractivity contribution in [1.82, 2.24) is 0 Å². The summed E-state index contributed by atoms with van der Waals surface area (Å²) in [6, 6.07) is 8.37. The van der Waals surface area contributed by atoms with E-state index in [-0.39, 0.29) is 12.1 Å². The summed E-state index contributed by atoms with van der Waals surface area (Å²) in [5.74, 6) is 0.540. The molecule has 0 radical (unpaired) electrons. The molecule has 0 spiro atoms. The van der Waals surface area contributed by atoms with Gasteiger partial charge in [0.25, 0.3) is 0 Å². The van der Waals surface area contributed by atoms with Crippen LogP contribution in [0.1, 0.15) is 31.7 Å². The summed E-state index contributed by atoms with van der Waals surface area (Å²) in [5, 5.41) is 13.2. The molecule has 0 bridgehead atoms. The minimum atomic E-state index is -0.103. The Kier molecular flexibility index (Phi) is 3.20. The van der Waals surface area contributed by atoms with E-state index >= 15 is 0 Å². The van der Waals surface area contributed by atoms with E-state index in [0.29, 0.717) is 5.92 Å². The fourth-order valence-electron chi connectivity index (χ4n) is 2.72. The average Bonchev–Trinajstić information content (AvgIpc) is 2.61. The second kappa shape index (κ2) is 4.46. The lowest BCUT2D eigenvalue weighted by atomic mass is 9.89. The minimum absolute atomic E-state index is 0.103. The topological polar surface area (TPSA) is 32.3 Å². The Labute approximate surface area is 97.7 Å². The monoisotopic (exact) mass is 219 g/mol. The fraction of sp³-hybridized carbons (Fsp3) is 0.571. The normalized spacial score (nSPS) is 29.3. The zero-order valence-electron chi connectivity index (χ0n) is 10.2. The van der Waals surface area contributed by atoms with Gasteiger partial charge in [0.1, 0.15) is 0 Å². The van der Waals surface area contributed by atoms with E-state index in [4.69, 9.17) is 0 Å². The number of hydrogen-bond donors (Lipinski definition) is 2. The highest BCUT2D eigenvalue weighted by molar-refractivity contribution is 5.48. The van der Waals surface area contributed by atoms with Crippen LogP contribution in [0.2, 0.25) is 0 Å². The van der Waals surface area contributed by atoms with Crippen molar-refractivity contribution < 1.29 is 5.11 Å². The highest BCUT2D eigenvalue weighted by atomic mass is 16.3. The third kappa shape index (κ3) is 2.07. The van der Waals surface area contributed by atoms with Gasteiger partial charge in [-0.3, -0.25) is 0 Å². The van der Waals surface area contributed by atoms with Gasteiger partial charge >= 0.3 is 0 Å². The van der Waals surface area contributed by atoms with E-state index in [0.717, 1.165) is 12.1 Å². The molecule has 1 aliphatic rings. The summed E-state index contributed by atoms with van der Waals surface area (Å²) in [7, 11) is 0. The van der Waals surface area contributed by atoms with Crippen LogP contribution in [0.25, 0.3) is 0 Å². The van der Waals surface area contributed by atoms with Crippen LogP contribution in [-0.4, -0.2) is 17.3 Å². The molecular weight excluding hydrogens is 198 g/mol. The molecule has 1 aromatic carbocycles. The van der Waals surface area contributed by atoms with Gasteiger partial charge in [-0.15, -0.1) is 0 Å². The first-order valence-electron chi connectivity index (χ1n) is 6.12. The van der Waals surface area contributed by atoms with Crippen LogP contribution < -0.4 is 5.32 Å². The maximum Gasteiger partial charge on any atom is 0.0664 e. The maximum atomic E-state index is 9.66. The first-order chi connectivity index (χ1) is 7.66. The Morgan fingerprint density at radius 1 is 1.50 bits per heavy atom. The van der Waals surface area contributed by atoms with E-state index < -0.39 is 0 Å². The van der Waals surface area contributed by atoms with Crippen LogP contribution in [0, 0.1) is 12.8 Å². The van der Waals surface area contributed by atoms with Gasteiger partial charge in [0.15, 0.2) is 0 Å². The van der Waals surface area contributed by atoms with Gasteiger partial charge in [-0.05, 0) is 43.4 Å². The first-order valence-corrected chi connectivity index (χ1v) is 6.12. The molecule has 0 amide bonds. The van der Waals surface area contributed by atoms with Gasteiger partial charge in [0.2, 0.25) is 0 Å². The van der Waals surface area contributed by atoms with Crippen molar-refractivity contribution in [1.29, 1.82) is 0 Å². The van der Waals surface area contributed by atoms with Crippen molar-refractivity contribution in [2.45, 2.75) is 38.6 Å². The van der Waals surface area contributed by atoms with Crippen LogP contribution in [0.15, 0.2) is 24.3 Å². The molecule has 0 heterocycles. The summed E-state index contributed by atoms with van der Waals surface area (Å²) in [6.45, 7) is 4.54. The van der Waals surface area contributed by atoms with E-state index in [1.54, 1.807) is 0 Å². The molecule has 1 aromatic rings. The molecule has 2 atom stereocenters. The maximum absolute atomic E-state index is 9.66. The molecule has 88 valence electrons. The molecule has 2 nitrogen and oxygen atoms in total. The van der Waals surface area contributed by atoms with Crippen molar-refractivity contribution in [2.24, 2.45) is 5.92 Å². The zero-order chi connectivity index (χ0) is 11.6. The second-order valence-corrected chi connectivity index (χ2v) is 5.10. The molecule has 2 rings (SSSR count). The van der Waals surface area contributed by atoms with Crippen LogP contribution in [0.3, 0.4) is 0 Å². The van der Waals surface area contributed by atoms with Crippen LogP contribution >= 0.6 is 0 Å². The highest BCUT2D eigenvalue weighted by Crippen LogP contribution is 2.37. The number of rotatable bonds is 3. The summed E-state index contributed by atoms with van der Waals surface area (Å²) in [5.41, 5.74) is 2.28. The van der Waals surface area contributed by atoms with Gasteiger partial charge in [-0.2, -0.15) is 0 Å². The SMILES string of the molecule is Cc1cccc(NC2(CO)CCCC2C)c1. The average molecular weight is 219 g/mol. The molecule has 0 aromatic heterocycles. The number of hydrogen-bond acceptors (Lipinski definition) is 2. The smallest absolute Gasteiger partial charge is 0.0664 e. The van der Waals surface area contributed by atoms with Crippen molar-refractivity contribution in [3.8, 4) is 0 Å². The molecule has 1 fully saturated rings. The van der Waals surface area contributed by atoms with Crippen molar-refractivity contribution in [2.75, 3.05) is 11.9 Å². The quantitative estimate of drug-likeness (QED) is 0.819. The Balaban J connectivity index is 2.18. The van der Waals surface area contributed by atoms with Crippen LogP contribution in [0.5, 0.6) is 0 Å². The van der Waals surface area contributed by atoms with E-state index in [1.807, 2.05) is 0 Å². The molecular formula is C14H21NO. The summed E-state index contributed by atoms with van der Waals surface area (Å²) in [6.07, 6.45) is 3.48. The highest BCUT2D eigenvalue weighted by Gasteiger charge is 2.39. The molecule has 1 saturated carbocycles. The number of anilines is 1. The molecule has 0 saturated heterocycles. The number of nitrogens with one attached hydrogen (secondary N) is 1. The number of aliphatic hydroxyl groups is 1. The Morgan fingerprint density at radius 2 is 2.31 bits per heavy atom. The van der Waals surface area contributed by atoms with Gasteiger partial charge in [0, 0.05) is 5.69 Å². The summed E-state index contributed by atoms with van der Waals surface area (Å²) >= 11 is 0. The van der Waals surface area contributed by atoms with Crippen molar-refractivity contribution in [3.05, 3.63) is 29.8 Å². The largest absolute Gasteiger partial charge is 0.394 e. The lowest BCUT2D eigenvalue weighted by Gasteiger charge is -2.34. The minimum Gasteiger partial charge on any atom is -0.394 e. The lowest BCUT2D eigenvalue weighted by Crippen LogP contribution is -2.44. The fourth-order valence-corrected chi connectivity index (χ4v) is 2.72. The predicted molar refractivity (Wildman–Crippen MR) is 67.6 cm³/mol. The Morgan fingerprint density at radius 3 is 2.88 bits per heavy atom. The summed E-state index contributed by atoms with van der Waals surface area (Å²) in [4.78, 5) is 0. The number of aryl methyl sites for hydroxylation is 1. The summed E-state index contributed by atoms with van der Waals surface area (Å²) < 4.78 is 0. The van der Waals surface area contributed by atoms with E-state index in [1.165, 1.54) is 18.4 Å². The molecule has 2 unspecified atom stereocenters. The van der Waals surface area contributed by atoms with Crippen LogP contribution in [-0.2, 0) is 0 Å². The van der Waals surface area contributed by atoms with Crippen molar-refractivity contribution in [3.63, 3.8) is 0 Å². The van der Waals surface area contributed by atoms with Gasteiger partial charge in [0.05, 0.1) is 12.1 Å². The van der Waals surface area contributed by atoms with Gasteiger partial charge in [-0.25, -0.2) is 0 Å². The third-order valence-corrected chi connectivity index (χ3v) is 3.90. The Bertz CT molecular complexity index is 364. The van der Waals surface area contributed by atoms with E-state index in [2.05, 4.69) is 43.4 Å². The number of benzene rings is 1. The third-order valence-electron chi connectivity index (χ3n) is 3.90. The molecule has 2 N–H and O–H groups in total. The van der Waals surface area contributed by atoms with Crippen molar-refractivity contribution >= 4 is 5.69 Å². The molecule has 0 aliphatic heterocycles. The molecule has 1 aliphatic carbocycles. The van der Waals surface area contributed by atoms with Gasteiger partial charge in [-0.1, -0.05) is 25.5 Å². The molecule has 2 heteroatoms. The lowest BCUT2D eigenvalue weighted by molar-refractivity contribution is 0.184. The zero-order valence-corrected chi connectivity index (χ0v) is 10.2. The van der Waals surface area contributed by atoms with Crippen LogP contribution in [0.4, 0.5) is 5.69 Å². The second-order valence-electron chi connectivity index (χ2n) is 5.10. The first kappa shape index (κ1) is 11.5. The van der Waals surface area contributed by atoms with Gasteiger partial charge < -0.3 is 10.4 Å². The molecule has 16 heavy (non-hydrogen) atoms. The Hall–Kier alpha value is -1.02. The van der Waals surface area contributed by atoms with E-state index in [9.17, 15) is 5.11 Å². The predicted octanol–water partition coefficient (Wildman–Crippen LogP) is 2.96.